The van der Waals surface area contributed by atoms with Gasteiger partial charge in [-0.25, -0.2) is 18.5 Å². The Balaban J connectivity index is 1.44. The first-order chi connectivity index (χ1) is 16.4. The van der Waals surface area contributed by atoms with Gasteiger partial charge < -0.3 is 10.3 Å². The lowest BCUT2D eigenvalue weighted by atomic mass is 10.1. The SMILES string of the molecule is NS(=O)(=O)c1ccc(NC(=O)[C@H](Sc2nnc3c(n2)[nH]c2ccccc23)c2ccccc2)cc1. The van der Waals surface area contributed by atoms with Gasteiger partial charge in [0, 0.05) is 16.6 Å². The maximum atomic E-state index is 13.2. The van der Waals surface area contributed by atoms with Gasteiger partial charge in [-0.05, 0) is 35.9 Å². The number of nitrogens with zero attached hydrogens (tertiary/aromatic N) is 3. The van der Waals surface area contributed by atoms with Crippen molar-refractivity contribution in [1.29, 1.82) is 0 Å². The number of benzene rings is 3. The van der Waals surface area contributed by atoms with Crippen LogP contribution in [-0.2, 0) is 14.8 Å². The Kier molecular flexibility index (Phi) is 5.74. The normalized spacial score (nSPS) is 12.6. The maximum Gasteiger partial charge on any atom is 0.242 e. The van der Waals surface area contributed by atoms with E-state index in [2.05, 4.69) is 25.5 Å². The molecule has 0 unspecified atom stereocenters. The third-order valence-electron chi connectivity index (χ3n) is 5.12. The monoisotopic (exact) mass is 490 g/mol. The number of hydrogen-bond donors (Lipinski definition) is 3. The molecule has 2 aromatic heterocycles. The molecule has 5 aromatic rings. The number of aromatic amines is 1. The fraction of sp³-hybridized carbons (Fsp3) is 0.0435. The predicted octanol–water partition coefficient (Wildman–Crippen LogP) is 3.63. The van der Waals surface area contributed by atoms with E-state index in [0.717, 1.165) is 16.5 Å². The first-order valence-corrected chi connectivity index (χ1v) is 12.6. The number of hydrogen-bond acceptors (Lipinski definition) is 7. The molecule has 1 amide bonds. The number of para-hydroxylation sites is 1. The van der Waals surface area contributed by atoms with Crippen LogP contribution in [0.3, 0.4) is 0 Å². The van der Waals surface area contributed by atoms with Crippen molar-refractivity contribution in [2.24, 2.45) is 5.14 Å². The number of sulfonamides is 1. The molecule has 11 heteroatoms. The van der Waals surface area contributed by atoms with Crippen LogP contribution < -0.4 is 10.5 Å². The maximum absolute atomic E-state index is 13.2. The van der Waals surface area contributed by atoms with E-state index in [1.54, 1.807) is 0 Å². The average molecular weight is 491 g/mol. The van der Waals surface area contributed by atoms with Gasteiger partial charge in [-0.3, -0.25) is 4.79 Å². The van der Waals surface area contributed by atoms with Crippen molar-refractivity contribution < 1.29 is 13.2 Å². The van der Waals surface area contributed by atoms with Gasteiger partial charge in [0.25, 0.3) is 0 Å². The molecule has 0 aliphatic rings. The van der Waals surface area contributed by atoms with Crippen LogP contribution in [0.4, 0.5) is 5.69 Å². The van der Waals surface area contributed by atoms with Crippen molar-refractivity contribution in [2.45, 2.75) is 15.3 Å². The summed E-state index contributed by atoms with van der Waals surface area (Å²) in [6.07, 6.45) is 0. The third-order valence-corrected chi connectivity index (χ3v) is 7.15. The zero-order valence-corrected chi connectivity index (χ0v) is 19.2. The highest BCUT2D eigenvalue weighted by atomic mass is 32.2. The molecule has 3 aromatic carbocycles. The molecule has 0 bridgehead atoms. The molecule has 5 rings (SSSR count). The van der Waals surface area contributed by atoms with Gasteiger partial charge in [-0.1, -0.05) is 60.3 Å². The Morgan fingerprint density at radius 1 is 0.941 bits per heavy atom. The van der Waals surface area contributed by atoms with Crippen molar-refractivity contribution in [2.75, 3.05) is 5.32 Å². The van der Waals surface area contributed by atoms with Crippen LogP contribution in [0.15, 0.2) is 88.9 Å². The minimum atomic E-state index is -3.82. The van der Waals surface area contributed by atoms with Gasteiger partial charge in [0.05, 0.1) is 4.90 Å². The summed E-state index contributed by atoms with van der Waals surface area (Å²) in [5, 5.41) is 17.1. The number of carbonyl (C=O) groups excluding carboxylic acids is 1. The number of fused-ring (bicyclic) bond motifs is 3. The zero-order chi connectivity index (χ0) is 23.7. The Morgan fingerprint density at radius 3 is 2.38 bits per heavy atom. The standard InChI is InChI=1S/C23H18N6O3S2/c24-34(31,32)16-12-10-15(11-13-16)25-22(30)20(14-6-2-1-3-7-14)33-23-27-21-19(28-29-23)17-8-4-5-9-18(17)26-21/h1-13,20H,(H,25,30)(H2,24,31,32)(H,26,27,29)/t20-/m1/s1. The summed E-state index contributed by atoms with van der Waals surface area (Å²) in [4.78, 5) is 21.0. The first kappa shape index (κ1) is 22.0. The van der Waals surface area contributed by atoms with Crippen LogP contribution in [-0.4, -0.2) is 34.5 Å². The number of primary sulfonamides is 1. The summed E-state index contributed by atoms with van der Waals surface area (Å²) < 4.78 is 23.0. The summed E-state index contributed by atoms with van der Waals surface area (Å²) in [6.45, 7) is 0. The topological polar surface area (TPSA) is 144 Å². The third kappa shape index (κ3) is 4.49. The number of nitrogens with one attached hydrogen (secondary N) is 2. The van der Waals surface area contributed by atoms with E-state index in [-0.39, 0.29) is 10.8 Å². The largest absolute Gasteiger partial charge is 0.338 e. The van der Waals surface area contributed by atoms with Gasteiger partial charge >= 0.3 is 0 Å². The van der Waals surface area contributed by atoms with Crippen molar-refractivity contribution in [3.05, 3.63) is 84.4 Å². The summed E-state index contributed by atoms with van der Waals surface area (Å²) >= 11 is 1.17. The second-order valence-electron chi connectivity index (χ2n) is 7.43. The Bertz CT molecular complexity index is 1600. The lowest BCUT2D eigenvalue weighted by molar-refractivity contribution is -0.115. The molecule has 0 fully saturated rings. The van der Waals surface area contributed by atoms with Crippen LogP contribution in [0.25, 0.3) is 22.1 Å². The highest BCUT2D eigenvalue weighted by molar-refractivity contribution is 8.00. The van der Waals surface area contributed by atoms with Crippen LogP contribution in [0.5, 0.6) is 0 Å². The van der Waals surface area contributed by atoms with E-state index in [4.69, 9.17) is 5.14 Å². The van der Waals surface area contributed by atoms with E-state index in [9.17, 15) is 13.2 Å². The lowest BCUT2D eigenvalue weighted by Crippen LogP contribution is -2.19. The minimum absolute atomic E-state index is 0.0365. The van der Waals surface area contributed by atoms with Crippen molar-refractivity contribution >= 4 is 55.4 Å². The van der Waals surface area contributed by atoms with E-state index in [1.165, 1.54) is 36.0 Å². The lowest BCUT2D eigenvalue weighted by Gasteiger charge is -2.16. The second-order valence-corrected chi connectivity index (χ2v) is 10.1. The van der Waals surface area contributed by atoms with Crippen molar-refractivity contribution in [3.63, 3.8) is 0 Å². The molecule has 0 aliphatic carbocycles. The Labute approximate surface area is 198 Å². The number of H-pyrrole nitrogens is 1. The quantitative estimate of drug-likeness (QED) is 0.308. The summed E-state index contributed by atoms with van der Waals surface area (Å²) in [5.74, 6) is -0.320. The zero-order valence-electron chi connectivity index (χ0n) is 17.5. The molecule has 170 valence electrons. The molecule has 0 spiro atoms. The Hall–Kier alpha value is -3.80. The molecule has 1 atom stereocenters. The van der Waals surface area contributed by atoms with Crippen LogP contribution in [0.1, 0.15) is 10.8 Å². The molecule has 4 N–H and O–H groups in total. The van der Waals surface area contributed by atoms with Gasteiger partial charge in [0.2, 0.25) is 21.1 Å². The van der Waals surface area contributed by atoms with Crippen LogP contribution in [0.2, 0.25) is 0 Å². The van der Waals surface area contributed by atoms with E-state index < -0.39 is 15.3 Å². The predicted molar refractivity (Wildman–Crippen MR) is 131 cm³/mol. The van der Waals surface area contributed by atoms with Gasteiger partial charge in [-0.15, -0.1) is 10.2 Å². The molecule has 0 radical (unpaired) electrons. The highest BCUT2D eigenvalue weighted by Gasteiger charge is 2.24. The first-order valence-electron chi connectivity index (χ1n) is 10.1. The number of aromatic nitrogens is 4. The highest BCUT2D eigenvalue weighted by Crippen LogP contribution is 2.35. The number of thioether (sulfide) groups is 1. The summed E-state index contributed by atoms with van der Waals surface area (Å²) in [7, 11) is -3.82. The number of carbonyl (C=O) groups is 1. The van der Waals surface area contributed by atoms with Gasteiger partial charge in [0.15, 0.2) is 5.65 Å². The molecule has 0 saturated carbocycles. The van der Waals surface area contributed by atoms with Crippen LogP contribution in [0, 0.1) is 0 Å². The van der Waals surface area contributed by atoms with E-state index in [0.29, 0.717) is 22.0 Å². The van der Waals surface area contributed by atoms with E-state index >= 15 is 0 Å². The smallest absolute Gasteiger partial charge is 0.242 e. The molecule has 0 saturated heterocycles. The van der Waals surface area contributed by atoms with Crippen molar-refractivity contribution in [3.8, 4) is 0 Å². The Morgan fingerprint density at radius 2 is 1.65 bits per heavy atom. The molecule has 2 heterocycles. The molecule has 9 nitrogen and oxygen atoms in total. The molecule has 34 heavy (non-hydrogen) atoms. The molecular weight excluding hydrogens is 472 g/mol. The van der Waals surface area contributed by atoms with E-state index in [1.807, 2.05) is 54.6 Å². The minimum Gasteiger partial charge on any atom is -0.338 e. The number of amides is 1. The fourth-order valence-electron chi connectivity index (χ4n) is 3.50. The number of anilines is 1. The van der Waals surface area contributed by atoms with Gasteiger partial charge in [-0.2, -0.15) is 0 Å². The summed E-state index contributed by atoms with van der Waals surface area (Å²) in [5.41, 5.74) is 3.34. The second kappa shape index (κ2) is 8.86. The molecular formula is C23H18N6O3S2. The van der Waals surface area contributed by atoms with Crippen molar-refractivity contribution in [1.82, 2.24) is 20.2 Å². The fourth-order valence-corrected chi connectivity index (χ4v) is 4.92. The average Bonchev–Trinajstić information content (AvgIpc) is 3.20. The van der Waals surface area contributed by atoms with Gasteiger partial charge in [0.1, 0.15) is 10.8 Å². The van der Waals surface area contributed by atoms with Crippen LogP contribution >= 0.6 is 11.8 Å². The summed E-state index contributed by atoms with van der Waals surface area (Å²) in [6, 6.07) is 22.6. The number of nitrogens with two attached hydrogens (primary N) is 1. The number of rotatable bonds is 6. The molecule has 0 aliphatic heterocycles.